The smallest absolute Gasteiger partial charge is 0.181 e. The second-order valence-corrected chi connectivity index (χ2v) is 10.5. The minimum absolute atomic E-state index is 0.159. The molecule has 0 saturated carbocycles. The molecule has 1 unspecified atom stereocenters. The molecular weight excluding hydrogens is 360 g/mol. The number of sulfone groups is 1. The van der Waals surface area contributed by atoms with E-state index in [0.29, 0.717) is 36.2 Å². The fourth-order valence-corrected chi connectivity index (χ4v) is 5.53. The first-order valence-corrected chi connectivity index (χ1v) is 11.7. The van der Waals surface area contributed by atoms with Gasteiger partial charge >= 0.3 is 0 Å². The number of hydrogen-bond acceptors (Lipinski definition) is 4. The van der Waals surface area contributed by atoms with Crippen LogP contribution in [0.5, 0.6) is 0 Å². The second kappa shape index (κ2) is 12.5. The normalized spacial score (nSPS) is 15.6. The molecule has 0 aliphatic rings. The van der Waals surface area contributed by atoms with Crippen molar-refractivity contribution in [3.8, 4) is 0 Å². The predicted octanol–water partition coefficient (Wildman–Crippen LogP) is 5.33. The van der Waals surface area contributed by atoms with Gasteiger partial charge in [-0.2, -0.15) is 0 Å². The lowest BCUT2D eigenvalue weighted by Crippen LogP contribution is -2.27. The Hall–Kier alpha value is -0.910. The zero-order valence-corrected chi connectivity index (χ0v) is 18.5. The van der Waals surface area contributed by atoms with Crippen molar-refractivity contribution in [3.63, 3.8) is 0 Å². The Morgan fingerprint density at radius 3 is 2.15 bits per heavy atom. The summed E-state index contributed by atoms with van der Waals surface area (Å²) in [6.45, 7) is 9.44. The summed E-state index contributed by atoms with van der Waals surface area (Å²) in [6, 6.07) is 8.85. The van der Waals surface area contributed by atoms with Gasteiger partial charge in [0.1, 0.15) is 6.79 Å². The number of hydrogen-bond donors (Lipinski definition) is 0. The number of rotatable bonds is 14. The van der Waals surface area contributed by atoms with Crippen molar-refractivity contribution >= 4 is 9.84 Å². The van der Waals surface area contributed by atoms with Crippen molar-refractivity contribution in [1.82, 2.24) is 0 Å². The largest absolute Gasteiger partial charge is 0.359 e. The van der Waals surface area contributed by atoms with Crippen LogP contribution in [0.1, 0.15) is 59.8 Å². The van der Waals surface area contributed by atoms with Gasteiger partial charge in [0.15, 0.2) is 9.84 Å². The first kappa shape index (κ1) is 24.1. The maximum atomic E-state index is 13.2. The molecular formula is C22H38O4S. The maximum Gasteiger partial charge on any atom is 0.181 e. The highest BCUT2D eigenvalue weighted by Crippen LogP contribution is 2.28. The van der Waals surface area contributed by atoms with Crippen molar-refractivity contribution in [2.45, 2.75) is 69.9 Å². The SMILES string of the molecule is COCOC[C@H](C)CC(C[C@H](C)CCCC(C)C)S(=O)(=O)c1ccccc1. The summed E-state index contributed by atoms with van der Waals surface area (Å²) >= 11 is 0. The molecule has 0 bridgehead atoms. The molecule has 0 spiro atoms. The van der Waals surface area contributed by atoms with E-state index >= 15 is 0 Å². The van der Waals surface area contributed by atoms with Crippen LogP contribution in [0.3, 0.4) is 0 Å². The third kappa shape index (κ3) is 9.22. The molecule has 5 heteroatoms. The number of ether oxygens (including phenoxy) is 2. The van der Waals surface area contributed by atoms with E-state index < -0.39 is 9.84 Å². The monoisotopic (exact) mass is 398 g/mol. The highest BCUT2D eigenvalue weighted by molar-refractivity contribution is 7.92. The zero-order valence-electron chi connectivity index (χ0n) is 17.7. The summed E-state index contributed by atoms with van der Waals surface area (Å²) in [5.74, 6) is 1.24. The van der Waals surface area contributed by atoms with Crippen LogP contribution in [0.15, 0.2) is 35.2 Å². The third-order valence-corrected chi connectivity index (χ3v) is 7.11. The van der Waals surface area contributed by atoms with Crippen LogP contribution < -0.4 is 0 Å². The standard InChI is InChI=1S/C22H38O4S/c1-18(2)10-9-11-19(3)14-22(15-20(4)16-26-17-25-5)27(23,24)21-12-7-6-8-13-21/h6-8,12-13,18-20,22H,9-11,14-17H2,1-5H3/t19-,20-,22?/m1/s1. The Balaban J connectivity index is 2.82. The van der Waals surface area contributed by atoms with Crippen LogP contribution in [0.25, 0.3) is 0 Å². The zero-order chi connectivity index (χ0) is 20.3. The molecule has 4 nitrogen and oxygen atoms in total. The Labute approximate surface area is 166 Å². The third-order valence-electron chi connectivity index (χ3n) is 4.92. The predicted molar refractivity (Wildman–Crippen MR) is 111 cm³/mol. The van der Waals surface area contributed by atoms with Gasteiger partial charge in [0, 0.05) is 7.11 Å². The molecule has 0 aliphatic heterocycles. The lowest BCUT2D eigenvalue weighted by molar-refractivity contribution is -0.0423. The van der Waals surface area contributed by atoms with Gasteiger partial charge in [0.2, 0.25) is 0 Å². The molecule has 0 aliphatic carbocycles. The molecule has 0 radical (unpaired) electrons. The van der Waals surface area contributed by atoms with Gasteiger partial charge in [-0.05, 0) is 42.7 Å². The van der Waals surface area contributed by atoms with Gasteiger partial charge in [-0.15, -0.1) is 0 Å². The van der Waals surface area contributed by atoms with Gasteiger partial charge in [-0.3, -0.25) is 0 Å². The summed E-state index contributed by atoms with van der Waals surface area (Å²) in [7, 11) is -1.76. The van der Waals surface area contributed by atoms with Crippen LogP contribution in [-0.2, 0) is 19.3 Å². The minimum Gasteiger partial charge on any atom is -0.359 e. The van der Waals surface area contributed by atoms with Crippen LogP contribution in [-0.4, -0.2) is 34.2 Å². The van der Waals surface area contributed by atoms with E-state index in [0.717, 1.165) is 12.8 Å². The van der Waals surface area contributed by atoms with E-state index in [1.807, 2.05) is 13.0 Å². The molecule has 1 aromatic carbocycles. The second-order valence-electron chi connectivity index (χ2n) is 8.26. The van der Waals surface area contributed by atoms with Gasteiger partial charge < -0.3 is 9.47 Å². The molecule has 0 aromatic heterocycles. The Bertz CT molecular complexity index is 598. The molecule has 0 N–H and O–H groups in total. The highest BCUT2D eigenvalue weighted by Gasteiger charge is 2.30. The van der Waals surface area contributed by atoms with Crippen molar-refractivity contribution in [1.29, 1.82) is 0 Å². The maximum absolute atomic E-state index is 13.2. The first-order chi connectivity index (χ1) is 12.8. The Kier molecular flexibility index (Phi) is 11.2. The molecule has 1 aromatic rings. The summed E-state index contributed by atoms with van der Waals surface area (Å²) < 4.78 is 36.9. The summed E-state index contributed by atoms with van der Waals surface area (Å²) in [6.07, 6.45) is 4.73. The van der Waals surface area contributed by atoms with E-state index in [2.05, 4.69) is 20.8 Å². The van der Waals surface area contributed by atoms with Gasteiger partial charge in [0.25, 0.3) is 0 Å². The summed E-state index contributed by atoms with van der Waals surface area (Å²) in [4.78, 5) is 0.425. The van der Waals surface area contributed by atoms with E-state index in [4.69, 9.17) is 9.47 Å². The molecule has 27 heavy (non-hydrogen) atoms. The van der Waals surface area contributed by atoms with Crippen LogP contribution in [0.2, 0.25) is 0 Å². The van der Waals surface area contributed by atoms with Gasteiger partial charge in [0.05, 0.1) is 16.8 Å². The van der Waals surface area contributed by atoms with Crippen LogP contribution >= 0.6 is 0 Å². The van der Waals surface area contributed by atoms with Crippen molar-refractivity contribution < 1.29 is 17.9 Å². The Morgan fingerprint density at radius 2 is 1.56 bits per heavy atom. The molecule has 3 atom stereocenters. The van der Waals surface area contributed by atoms with E-state index in [9.17, 15) is 8.42 Å². The highest BCUT2D eigenvalue weighted by atomic mass is 32.2. The van der Waals surface area contributed by atoms with Crippen molar-refractivity contribution in [2.24, 2.45) is 17.8 Å². The van der Waals surface area contributed by atoms with E-state index in [-0.39, 0.29) is 18.0 Å². The minimum atomic E-state index is -3.35. The van der Waals surface area contributed by atoms with Crippen LogP contribution in [0.4, 0.5) is 0 Å². The fraction of sp³-hybridized carbons (Fsp3) is 0.727. The van der Waals surface area contributed by atoms with Gasteiger partial charge in [-0.1, -0.05) is 65.2 Å². The lowest BCUT2D eigenvalue weighted by atomic mass is 9.93. The van der Waals surface area contributed by atoms with Gasteiger partial charge in [-0.25, -0.2) is 8.42 Å². The molecule has 0 amide bonds. The summed E-state index contributed by atoms with van der Waals surface area (Å²) in [5.41, 5.74) is 0. The molecule has 1 rings (SSSR count). The van der Waals surface area contributed by atoms with Crippen molar-refractivity contribution in [2.75, 3.05) is 20.5 Å². The lowest BCUT2D eigenvalue weighted by Gasteiger charge is -2.24. The number of benzene rings is 1. The fourth-order valence-electron chi connectivity index (χ4n) is 3.44. The molecule has 156 valence electrons. The quantitative estimate of drug-likeness (QED) is 0.314. The van der Waals surface area contributed by atoms with E-state index in [1.165, 1.54) is 6.42 Å². The average molecular weight is 399 g/mol. The summed E-state index contributed by atoms with van der Waals surface area (Å²) in [5, 5.41) is -0.380. The van der Waals surface area contributed by atoms with Crippen LogP contribution in [0, 0.1) is 17.8 Å². The molecule has 0 heterocycles. The first-order valence-electron chi connectivity index (χ1n) is 10.1. The Morgan fingerprint density at radius 1 is 0.926 bits per heavy atom. The van der Waals surface area contributed by atoms with E-state index in [1.54, 1.807) is 31.4 Å². The topological polar surface area (TPSA) is 52.6 Å². The van der Waals surface area contributed by atoms with Crippen molar-refractivity contribution in [3.05, 3.63) is 30.3 Å². The average Bonchev–Trinajstić information content (AvgIpc) is 2.61. The molecule has 0 saturated heterocycles. The number of methoxy groups -OCH3 is 1. The molecule has 0 fully saturated rings.